The van der Waals surface area contributed by atoms with E-state index in [1.54, 1.807) is 6.20 Å². The smallest absolute Gasteiger partial charge is 0.162 e. The second kappa shape index (κ2) is 3.29. The molecule has 0 aliphatic heterocycles. The number of hydrogen-bond acceptors (Lipinski definition) is 3. The third-order valence-electron chi connectivity index (χ3n) is 2.02. The summed E-state index contributed by atoms with van der Waals surface area (Å²) >= 11 is 0. The van der Waals surface area contributed by atoms with Crippen LogP contribution in [0, 0.1) is 5.82 Å². The Morgan fingerprint density at radius 3 is 2.86 bits per heavy atom. The molecule has 4 heteroatoms. The lowest BCUT2D eigenvalue weighted by Crippen LogP contribution is -1.99. The fraction of sp³-hybridized carbons (Fsp3) is 0.300. The van der Waals surface area contributed by atoms with Gasteiger partial charge in [0, 0.05) is 11.6 Å². The number of hydrogen-bond donors (Lipinski definition) is 0. The Morgan fingerprint density at radius 2 is 2.14 bits per heavy atom. The molecule has 0 fully saturated rings. The fourth-order valence-electron chi connectivity index (χ4n) is 1.31. The van der Waals surface area contributed by atoms with Crippen LogP contribution in [-0.4, -0.2) is 15.0 Å². The Hall–Kier alpha value is -1.58. The molecule has 2 heterocycles. The van der Waals surface area contributed by atoms with E-state index in [2.05, 4.69) is 15.0 Å². The Morgan fingerprint density at radius 1 is 1.36 bits per heavy atom. The quantitative estimate of drug-likeness (QED) is 0.694. The first-order chi connectivity index (χ1) is 6.68. The minimum absolute atomic E-state index is 0.0642. The Kier molecular flexibility index (Phi) is 2.11. The first kappa shape index (κ1) is 8.99. The molecule has 0 atom stereocenters. The molecule has 14 heavy (non-hydrogen) atoms. The maximum atomic E-state index is 13.5. The molecule has 0 amide bonds. The van der Waals surface area contributed by atoms with Gasteiger partial charge in [-0.1, -0.05) is 13.8 Å². The van der Waals surface area contributed by atoms with Crippen molar-refractivity contribution in [1.82, 2.24) is 15.0 Å². The number of fused-ring (bicyclic) bond motifs is 1. The normalized spacial score (nSPS) is 11.1. The topological polar surface area (TPSA) is 38.7 Å². The zero-order valence-electron chi connectivity index (χ0n) is 8.03. The molecule has 0 N–H and O–H groups in total. The summed E-state index contributed by atoms with van der Waals surface area (Å²) in [6.07, 6.45) is 2.97. The molecule has 0 saturated heterocycles. The minimum atomic E-state index is -0.290. The van der Waals surface area contributed by atoms with Crippen LogP contribution in [0.25, 0.3) is 11.0 Å². The van der Waals surface area contributed by atoms with Gasteiger partial charge in [-0.25, -0.2) is 19.3 Å². The van der Waals surface area contributed by atoms with Gasteiger partial charge in [0.2, 0.25) is 0 Å². The van der Waals surface area contributed by atoms with Crippen molar-refractivity contribution >= 4 is 11.0 Å². The third-order valence-corrected chi connectivity index (χ3v) is 2.02. The maximum absolute atomic E-state index is 13.5. The molecule has 0 radical (unpaired) electrons. The van der Waals surface area contributed by atoms with Crippen molar-refractivity contribution in [2.75, 3.05) is 0 Å². The molecule has 3 nitrogen and oxygen atoms in total. The van der Waals surface area contributed by atoms with Gasteiger partial charge in [-0.15, -0.1) is 0 Å². The standard InChI is InChI=1S/C10H10FN3/c1-6(2)9-8(11)3-7-4-12-5-13-10(7)14-9/h3-6H,1-2H3. The molecular formula is C10H10FN3. The summed E-state index contributed by atoms with van der Waals surface area (Å²) in [5, 5.41) is 0.634. The molecule has 0 unspecified atom stereocenters. The number of pyridine rings is 1. The van der Waals surface area contributed by atoms with Crippen LogP contribution in [0.3, 0.4) is 0 Å². The second-order valence-corrected chi connectivity index (χ2v) is 3.45. The van der Waals surface area contributed by atoms with E-state index < -0.39 is 0 Å². The summed E-state index contributed by atoms with van der Waals surface area (Å²) in [7, 11) is 0. The van der Waals surface area contributed by atoms with Crippen LogP contribution in [0.2, 0.25) is 0 Å². The average molecular weight is 191 g/mol. The van der Waals surface area contributed by atoms with Gasteiger partial charge < -0.3 is 0 Å². The summed E-state index contributed by atoms with van der Waals surface area (Å²) in [5.41, 5.74) is 1.00. The SMILES string of the molecule is CC(C)c1nc2ncncc2cc1F. The molecule has 0 saturated carbocycles. The Balaban J connectivity index is 2.71. The zero-order chi connectivity index (χ0) is 10.1. The Labute approximate surface area is 81.0 Å². The van der Waals surface area contributed by atoms with Gasteiger partial charge in [-0.3, -0.25) is 0 Å². The number of rotatable bonds is 1. The van der Waals surface area contributed by atoms with Crippen molar-refractivity contribution in [3.05, 3.63) is 30.1 Å². The van der Waals surface area contributed by atoms with E-state index in [0.717, 1.165) is 0 Å². The lowest BCUT2D eigenvalue weighted by Gasteiger charge is -2.06. The van der Waals surface area contributed by atoms with Gasteiger partial charge in [0.05, 0.1) is 5.69 Å². The zero-order valence-corrected chi connectivity index (χ0v) is 8.03. The van der Waals surface area contributed by atoms with Crippen LogP contribution < -0.4 is 0 Å². The van der Waals surface area contributed by atoms with Crippen molar-refractivity contribution in [2.24, 2.45) is 0 Å². The summed E-state index contributed by atoms with van der Waals surface area (Å²) in [6, 6.07) is 1.43. The molecule has 0 aliphatic carbocycles. The lowest BCUT2D eigenvalue weighted by molar-refractivity contribution is 0.588. The highest BCUT2D eigenvalue weighted by atomic mass is 19.1. The van der Waals surface area contributed by atoms with E-state index in [-0.39, 0.29) is 11.7 Å². The van der Waals surface area contributed by atoms with Gasteiger partial charge in [-0.05, 0) is 12.0 Å². The summed E-state index contributed by atoms with van der Waals surface area (Å²) in [6.45, 7) is 3.80. The average Bonchev–Trinajstić information content (AvgIpc) is 2.16. The third kappa shape index (κ3) is 1.43. The molecular weight excluding hydrogens is 181 g/mol. The van der Waals surface area contributed by atoms with E-state index in [1.807, 2.05) is 13.8 Å². The summed E-state index contributed by atoms with van der Waals surface area (Å²) < 4.78 is 13.5. The van der Waals surface area contributed by atoms with Crippen molar-refractivity contribution in [2.45, 2.75) is 19.8 Å². The van der Waals surface area contributed by atoms with Crippen molar-refractivity contribution < 1.29 is 4.39 Å². The number of halogens is 1. The lowest BCUT2D eigenvalue weighted by atomic mass is 10.1. The Bertz CT molecular complexity index is 468. The van der Waals surface area contributed by atoms with Crippen LogP contribution in [0.5, 0.6) is 0 Å². The largest absolute Gasteiger partial charge is 0.244 e. The van der Waals surface area contributed by atoms with Crippen LogP contribution in [0.15, 0.2) is 18.6 Å². The highest BCUT2D eigenvalue weighted by molar-refractivity contribution is 5.73. The highest BCUT2D eigenvalue weighted by Gasteiger charge is 2.10. The van der Waals surface area contributed by atoms with E-state index >= 15 is 0 Å². The molecule has 0 spiro atoms. The highest BCUT2D eigenvalue weighted by Crippen LogP contribution is 2.19. The fourth-order valence-corrected chi connectivity index (χ4v) is 1.31. The first-order valence-corrected chi connectivity index (χ1v) is 4.44. The van der Waals surface area contributed by atoms with Gasteiger partial charge in [0.15, 0.2) is 5.65 Å². The van der Waals surface area contributed by atoms with Crippen LogP contribution in [-0.2, 0) is 0 Å². The van der Waals surface area contributed by atoms with E-state index in [0.29, 0.717) is 16.7 Å². The van der Waals surface area contributed by atoms with Gasteiger partial charge in [0.1, 0.15) is 12.1 Å². The number of nitrogens with zero attached hydrogens (tertiary/aromatic N) is 3. The second-order valence-electron chi connectivity index (χ2n) is 3.45. The molecule has 0 aromatic carbocycles. The van der Waals surface area contributed by atoms with Crippen LogP contribution >= 0.6 is 0 Å². The molecule has 0 bridgehead atoms. The van der Waals surface area contributed by atoms with E-state index in [9.17, 15) is 4.39 Å². The predicted molar refractivity (Wildman–Crippen MR) is 51.4 cm³/mol. The molecule has 0 aliphatic rings. The maximum Gasteiger partial charge on any atom is 0.162 e. The molecule has 72 valence electrons. The molecule has 2 rings (SSSR count). The van der Waals surface area contributed by atoms with E-state index in [1.165, 1.54) is 12.4 Å². The first-order valence-electron chi connectivity index (χ1n) is 4.44. The summed E-state index contributed by atoms with van der Waals surface area (Å²) in [4.78, 5) is 11.9. The van der Waals surface area contributed by atoms with Crippen molar-refractivity contribution in [3.63, 3.8) is 0 Å². The molecule has 2 aromatic rings. The summed E-state index contributed by atoms with van der Waals surface area (Å²) in [5.74, 6) is -0.225. The van der Waals surface area contributed by atoms with Gasteiger partial charge in [0.25, 0.3) is 0 Å². The van der Waals surface area contributed by atoms with Crippen molar-refractivity contribution in [1.29, 1.82) is 0 Å². The predicted octanol–water partition coefficient (Wildman–Crippen LogP) is 2.29. The van der Waals surface area contributed by atoms with E-state index in [4.69, 9.17) is 0 Å². The van der Waals surface area contributed by atoms with Gasteiger partial charge in [-0.2, -0.15) is 0 Å². The molecule has 2 aromatic heterocycles. The van der Waals surface area contributed by atoms with Crippen LogP contribution in [0.1, 0.15) is 25.5 Å². The van der Waals surface area contributed by atoms with Gasteiger partial charge >= 0.3 is 0 Å². The monoisotopic (exact) mass is 191 g/mol. The van der Waals surface area contributed by atoms with Crippen LogP contribution in [0.4, 0.5) is 4.39 Å². The minimum Gasteiger partial charge on any atom is -0.244 e. The van der Waals surface area contributed by atoms with Crippen molar-refractivity contribution in [3.8, 4) is 0 Å². The number of aromatic nitrogens is 3.